The Hall–Kier alpha value is -2.46. The second-order valence-corrected chi connectivity index (χ2v) is 5.67. The molecule has 10 heteroatoms. The molecule has 0 saturated heterocycles. The van der Waals surface area contributed by atoms with Crippen LogP contribution in [0, 0.1) is 0 Å². The van der Waals surface area contributed by atoms with E-state index >= 15 is 0 Å². The number of esters is 2. The number of nitrogens with two attached hydrogens (primary N) is 1. The van der Waals surface area contributed by atoms with E-state index in [2.05, 4.69) is 15.3 Å². The first-order valence-electron chi connectivity index (χ1n) is 6.93. The van der Waals surface area contributed by atoms with E-state index in [-0.39, 0.29) is 18.8 Å². The van der Waals surface area contributed by atoms with Gasteiger partial charge in [0.2, 0.25) is 0 Å². The summed E-state index contributed by atoms with van der Waals surface area (Å²) < 4.78 is 9.55. The predicted molar refractivity (Wildman–Crippen MR) is 93.6 cm³/mol. The molecule has 0 atom stereocenters. The minimum atomic E-state index is -0.722. The summed E-state index contributed by atoms with van der Waals surface area (Å²) in [6.07, 6.45) is 4.53. The average Bonchev–Trinajstić information content (AvgIpc) is 3.22. The Kier molecular flexibility index (Phi) is 9.09. The summed E-state index contributed by atoms with van der Waals surface area (Å²) in [6.45, 7) is 3.70. The largest absolute Gasteiger partial charge is 0.462 e. The van der Waals surface area contributed by atoms with E-state index in [0.29, 0.717) is 10.3 Å². The normalized spacial score (nSPS) is 9.25. The Bertz CT molecular complexity index is 622. The lowest BCUT2D eigenvalue weighted by molar-refractivity contribution is -0.146. The van der Waals surface area contributed by atoms with Crippen LogP contribution >= 0.6 is 22.7 Å². The lowest BCUT2D eigenvalue weighted by Gasteiger charge is -2.06. The third-order valence-electron chi connectivity index (χ3n) is 2.21. The highest BCUT2D eigenvalue weighted by Gasteiger charge is 2.20. The number of ether oxygens (including phenoxy) is 2. The van der Waals surface area contributed by atoms with Gasteiger partial charge in [0.15, 0.2) is 15.8 Å². The lowest BCUT2D eigenvalue weighted by atomic mass is 10.3. The van der Waals surface area contributed by atoms with Crippen LogP contribution in [0.5, 0.6) is 0 Å². The van der Waals surface area contributed by atoms with E-state index in [9.17, 15) is 9.59 Å². The molecule has 0 aromatic carbocycles. The summed E-state index contributed by atoms with van der Waals surface area (Å²) >= 11 is 2.79. The van der Waals surface area contributed by atoms with E-state index < -0.39 is 11.9 Å². The fourth-order valence-corrected chi connectivity index (χ4v) is 2.16. The first kappa shape index (κ1) is 19.6. The third kappa shape index (κ3) is 7.20. The second-order valence-electron chi connectivity index (χ2n) is 3.85. The number of hydrogen-bond acceptors (Lipinski definition) is 10. The number of thiazole rings is 2. The molecular weight excluding hydrogens is 352 g/mol. The van der Waals surface area contributed by atoms with Gasteiger partial charge in [-0.25, -0.2) is 19.6 Å². The van der Waals surface area contributed by atoms with Crippen LogP contribution in [0.1, 0.15) is 13.8 Å². The number of nitrogens with one attached hydrogen (secondary N) is 1. The third-order valence-corrected chi connectivity index (χ3v) is 3.52. The summed E-state index contributed by atoms with van der Waals surface area (Å²) in [6, 6.07) is 0. The van der Waals surface area contributed by atoms with Gasteiger partial charge in [0.05, 0.1) is 13.2 Å². The summed E-state index contributed by atoms with van der Waals surface area (Å²) in [5.74, 6) is -1.44. The van der Waals surface area contributed by atoms with Crippen molar-refractivity contribution >= 4 is 44.9 Å². The maximum atomic E-state index is 11.6. The maximum absolute atomic E-state index is 11.6. The first-order chi connectivity index (χ1) is 11.6. The van der Waals surface area contributed by atoms with E-state index in [0.717, 1.165) is 0 Å². The summed E-state index contributed by atoms with van der Waals surface area (Å²) in [7, 11) is 0. The number of anilines is 2. The molecule has 2 aromatic heterocycles. The Morgan fingerprint density at radius 3 is 2.08 bits per heavy atom. The fourth-order valence-electron chi connectivity index (χ4n) is 1.28. The molecule has 0 aliphatic carbocycles. The number of carbonyl (C=O) groups is 2. The van der Waals surface area contributed by atoms with Crippen LogP contribution in [0.25, 0.3) is 0 Å². The quantitative estimate of drug-likeness (QED) is 0.344. The molecule has 0 bridgehead atoms. The van der Waals surface area contributed by atoms with Gasteiger partial charge in [-0.3, -0.25) is 0 Å². The number of carbonyl (C=O) groups excluding carboxylic acids is 2. The van der Waals surface area contributed by atoms with E-state index in [1.165, 1.54) is 28.9 Å². The van der Waals surface area contributed by atoms with Gasteiger partial charge in [0.25, 0.3) is 0 Å². The Morgan fingerprint density at radius 1 is 1.12 bits per heavy atom. The van der Waals surface area contributed by atoms with Gasteiger partial charge in [-0.1, -0.05) is 0 Å². The van der Waals surface area contributed by atoms with Crippen molar-refractivity contribution in [1.29, 1.82) is 0 Å². The van der Waals surface area contributed by atoms with Crippen LogP contribution in [0.4, 0.5) is 10.3 Å². The molecule has 2 heterocycles. The molecule has 0 saturated carbocycles. The average molecular weight is 370 g/mol. The number of hydrogen-bond donors (Lipinski definition) is 2. The van der Waals surface area contributed by atoms with Gasteiger partial charge in [0, 0.05) is 29.4 Å². The van der Waals surface area contributed by atoms with Crippen LogP contribution in [0.2, 0.25) is 0 Å². The standard InChI is InChI=1S/C11H14N2O4S.C3H4N2S/c1-3-16-9(14)8(10(15)17-4-2)7-13-11-12-5-6-18-11;4-3-5-1-2-6-3/h5-7H,3-4H2,1-2H3,(H,12,13);1-2H,(H2,4,5). The smallest absolute Gasteiger partial charge is 0.347 e. The van der Waals surface area contributed by atoms with Crippen LogP contribution < -0.4 is 11.1 Å². The van der Waals surface area contributed by atoms with E-state index in [4.69, 9.17) is 15.2 Å². The van der Waals surface area contributed by atoms with Crippen LogP contribution in [0.3, 0.4) is 0 Å². The number of aromatic nitrogens is 2. The topological polar surface area (TPSA) is 116 Å². The number of nitrogen functional groups attached to an aromatic ring is 1. The molecule has 0 aliphatic rings. The molecule has 130 valence electrons. The predicted octanol–water partition coefficient (Wildman–Crippen LogP) is 2.29. The fraction of sp³-hybridized carbons (Fsp3) is 0.286. The van der Waals surface area contributed by atoms with Crippen LogP contribution in [-0.2, 0) is 19.1 Å². The molecule has 8 nitrogen and oxygen atoms in total. The van der Waals surface area contributed by atoms with Crippen molar-refractivity contribution in [3.63, 3.8) is 0 Å². The highest BCUT2D eigenvalue weighted by atomic mass is 32.1. The molecular formula is C14H18N4O4S2. The summed E-state index contributed by atoms with van der Waals surface area (Å²) in [5.41, 5.74) is 5.00. The van der Waals surface area contributed by atoms with Crippen molar-refractivity contribution in [3.8, 4) is 0 Å². The molecule has 2 rings (SSSR count). The molecule has 3 N–H and O–H groups in total. The lowest BCUT2D eigenvalue weighted by Crippen LogP contribution is -2.19. The zero-order valence-electron chi connectivity index (χ0n) is 13.2. The van der Waals surface area contributed by atoms with Gasteiger partial charge in [0.1, 0.15) is 0 Å². The SMILES string of the molecule is CCOC(=O)C(=CNc1nccs1)C(=O)OCC.Nc1nccs1. The van der Waals surface area contributed by atoms with Crippen molar-refractivity contribution in [2.24, 2.45) is 0 Å². The first-order valence-corrected chi connectivity index (χ1v) is 8.69. The molecule has 0 amide bonds. The highest BCUT2D eigenvalue weighted by molar-refractivity contribution is 7.13. The van der Waals surface area contributed by atoms with Gasteiger partial charge in [-0.05, 0) is 13.8 Å². The molecule has 24 heavy (non-hydrogen) atoms. The minimum Gasteiger partial charge on any atom is -0.462 e. The van der Waals surface area contributed by atoms with Crippen molar-refractivity contribution in [2.75, 3.05) is 24.3 Å². The second kappa shape index (κ2) is 11.1. The molecule has 2 aromatic rings. The Balaban J connectivity index is 0.000000400. The molecule has 0 spiro atoms. The van der Waals surface area contributed by atoms with E-state index in [1.54, 1.807) is 31.6 Å². The molecule has 0 fully saturated rings. The van der Waals surface area contributed by atoms with Gasteiger partial charge in [-0.2, -0.15) is 0 Å². The van der Waals surface area contributed by atoms with Gasteiger partial charge < -0.3 is 20.5 Å². The summed E-state index contributed by atoms with van der Waals surface area (Å²) in [4.78, 5) is 30.8. The van der Waals surface area contributed by atoms with Gasteiger partial charge >= 0.3 is 11.9 Å². The minimum absolute atomic E-state index is 0.186. The molecule has 0 aliphatic heterocycles. The Labute approximate surface area is 147 Å². The van der Waals surface area contributed by atoms with Crippen molar-refractivity contribution in [1.82, 2.24) is 9.97 Å². The van der Waals surface area contributed by atoms with Crippen molar-refractivity contribution in [3.05, 3.63) is 34.9 Å². The van der Waals surface area contributed by atoms with E-state index in [1.807, 2.05) is 5.38 Å². The zero-order chi connectivity index (χ0) is 17.8. The Morgan fingerprint density at radius 2 is 1.71 bits per heavy atom. The molecule has 0 radical (unpaired) electrons. The van der Waals surface area contributed by atoms with Crippen molar-refractivity contribution < 1.29 is 19.1 Å². The summed E-state index contributed by atoms with van der Waals surface area (Å²) in [5, 5.41) is 7.56. The highest BCUT2D eigenvalue weighted by Crippen LogP contribution is 2.11. The van der Waals surface area contributed by atoms with Crippen LogP contribution in [-0.4, -0.2) is 35.1 Å². The molecule has 0 unspecified atom stereocenters. The van der Waals surface area contributed by atoms with Crippen molar-refractivity contribution in [2.45, 2.75) is 13.8 Å². The maximum Gasteiger partial charge on any atom is 0.347 e. The number of nitrogens with zero attached hydrogens (tertiary/aromatic N) is 2. The monoisotopic (exact) mass is 370 g/mol. The zero-order valence-corrected chi connectivity index (χ0v) is 14.9. The van der Waals surface area contributed by atoms with Crippen LogP contribution in [0.15, 0.2) is 34.9 Å². The van der Waals surface area contributed by atoms with Gasteiger partial charge in [-0.15, -0.1) is 22.7 Å². The number of rotatable bonds is 6.